The summed E-state index contributed by atoms with van der Waals surface area (Å²) in [5.74, 6) is 0. The molecule has 69 heavy (non-hydrogen) atoms. The lowest BCUT2D eigenvalue weighted by Crippen LogP contribution is -2.10. The lowest BCUT2D eigenvalue weighted by molar-refractivity contribution is 0.672. The first-order valence-corrected chi connectivity index (χ1v) is 23.6. The second-order valence-electron chi connectivity index (χ2n) is 18.1. The van der Waals surface area contributed by atoms with Crippen LogP contribution < -0.4 is 4.90 Å². The molecule has 322 valence electrons. The number of furan rings is 1. The molecule has 14 aromatic rings. The molecule has 0 aliphatic carbocycles. The van der Waals surface area contributed by atoms with Gasteiger partial charge in [-0.1, -0.05) is 170 Å². The summed E-state index contributed by atoms with van der Waals surface area (Å²) >= 11 is 0. The van der Waals surface area contributed by atoms with E-state index in [0.29, 0.717) is 0 Å². The fraction of sp³-hybridized carbons (Fsp3) is 0. The van der Waals surface area contributed by atoms with Crippen LogP contribution in [-0.2, 0) is 0 Å². The minimum Gasteiger partial charge on any atom is -0.455 e. The number of para-hydroxylation sites is 2. The number of hydrogen-bond acceptors (Lipinski definition) is 2. The molecule has 0 aliphatic heterocycles. The van der Waals surface area contributed by atoms with Crippen molar-refractivity contribution in [2.24, 2.45) is 0 Å². The highest BCUT2D eigenvalue weighted by atomic mass is 16.3. The molecule has 0 saturated carbocycles. The molecule has 14 rings (SSSR count). The van der Waals surface area contributed by atoms with E-state index in [1.165, 1.54) is 59.9 Å². The quantitative estimate of drug-likeness (QED) is 0.149. The minimum atomic E-state index is 0.898. The van der Waals surface area contributed by atoms with Gasteiger partial charge in [-0.15, -0.1) is 0 Å². The molecule has 0 amide bonds. The first kappa shape index (κ1) is 39.0. The third kappa shape index (κ3) is 6.51. The van der Waals surface area contributed by atoms with Gasteiger partial charge in [0.25, 0.3) is 0 Å². The Labute approximate surface area is 399 Å². The number of nitrogens with zero attached hydrogens (tertiary/aromatic N) is 2. The highest BCUT2D eigenvalue weighted by Crippen LogP contribution is 2.41. The number of fused-ring (bicyclic) bond motifs is 11. The number of anilines is 3. The summed E-state index contributed by atoms with van der Waals surface area (Å²) in [6, 6.07) is 92.6. The average molecular weight is 879 g/mol. The molecule has 3 heteroatoms. The maximum atomic E-state index is 6.47. The van der Waals surface area contributed by atoms with Crippen molar-refractivity contribution in [1.29, 1.82) is 0 Å². The number of rotatable bonds is 7. The van der Waals surface area contributed by atoms with E-state index < -0.39 is 0 Å². The molecule has 0 spiro atoms. The Morgan fingerprint density at radius 3 is 1.51 bits per heavy atom. The highest BCUT2D eigenvalue weighted by molar-refractivity contribution is 6.16. The predicted molar refractivity (Wildman–Crippen MR) is 292 cm³/mol. The van der Waals surface area contributed by atoms with E-state index in [4.69, 9.17) is 4.42 Å². The van der Waals surface area contributed by atoms with Crippen LogP contribution in [0.5, 0.6) is 0 Å². The fourth-order valence-corrected chi connectivity index (χ4v) is 10.8. The summed E-state index contributed by atoms with van der Waals surface area (Å²) in [6.07, 6.45) is 0. The molecule has 0 aliphatic rings. The zero-order valence-electron chi connectivity index (χ0n) is 37.6. The van der Waals surface area contributed by atoms with Gasteiger partial charge in [0.05, 0.1) is 11.0 Å². The van der Waals surface area contributed by atoms with Crippen molar-refractivity contribution in [2.75, 3.05) is 4.90 Å². The van der Waals surface area contributed by atoms with E-state index in [9.17, 15) is 0 Å². The van der Waals surface area contributed by atoms with Crippen molar-refractivity contribution in [3.05, 3.63) is 255 Å². The summed E-state index contributed by atoms with van der Waals surface area (Å²) < 4.78 is 8.85. The summed E-state index contributed by atoms with van der Waals surface area (Å²) in [5.41, 5.74) is 15.6. The lowest BCUT2D eigenvalue weighted by atomic mass is 9.97. The topological polar surface area (TPSA) is 21.3 Å². The Kier molecular flexibility index (Phi) is 8.90. The molecule has 12 aromatic carbocycles. The van der Waals surface area contributed by atoms with Gasteiger partial charge in [-0.2, -0.15) is 0 Å². The summed E-state index contributed by atoms with van der Waals surface area (Å²) in [7, 11) is 0. The van der Waals surface area contributed by atoms with Gasteiger partial charge < -0.3 is 13.9 Å². The van der Waals surface area contributed by atoms with Crippen molar-refractivity contribution >= 4 is 93.1 Å². The van der Waals surface area contributed by atoms with Crippen LogP contribution in [0, 0.1) is 0 Å². The van der Waals surface area contributed by atoms with Crippen molar-refractivity contribution in [1.82, 2.24) is 4.57 Å². The zero-order valence-corrected chi connectivity index (χ0v) is 37.6. The summed E-state index contributed by atoms with van der Waals surface area (Å²) in [5, 5.41) is 12.1. The zero-order chi connectivity index (χ0) is 45.4. The highest BCUT2D eigenvalue weighted by Gasteiger charge is 2.17. The Hall–Kier alpha value is -9.18. The molecule has 0 radical (unpaired) electrons. The summed E-state index contributed by atoms with van der Waals surface area (Å²) in [6.45, 7) is 0. The SMILES string of the molecule is c1cc(-c2ccc3c(ccc4ccccc43)c2)cc(N(c2ccc(-c3cccc(-n4c5ccccc5c5ccccc54)c3)cc2)c2ccc(-c3ccc4oc5c6ccccc6ccc5c4c3)cc2)c1. The van der Waals surface area contributed by atoms with E-state index in [-0.39, 0.29) is 0 Å². The van der Waals surface area contributed by atoms with E-state index in [2.05, 4.69) is 264 Å². The molecule has 2 heterocycles. The maximum Gasteiger partial charge on any atom is 0.143 e. The normalized spacial score (nSPS) is 11.8. The van der Waals surface area contributed by atoms with Gasteiger partial charge in [0, 0.05) is 49.7 Å². The first-order chi connectivity index (χ1) is 34.2. The third-order valence-electron chi connectivity index (χ3n) is 14.1. The van der Waals surface area contributed by atoms with Gasteiger partial charge in [0.1, 0.15) is 11.2 Å². The van der Waals surface area contributed by atoms with E-state index in [1.54, 1.807) is 0 Å². The Bertz CT molecular complexity index is 4260. The van der Waals surface area contributed by atoms with Crippen LogP contribution in [0.4, 0.5) is 17.1 Å². The Morgan fingerprint density at radius 1 is 0.275 bits per heavy atom. The van der Waals surface area contributed by atoms with Crippen molar-refractivity contribution in [2.45, 2.75) is 0 Å². The average Bonchev–Trinajstić information content (AvgIpc) is 3.97. The maximum absolute atomic E-state index is 6.47. The van der Waals surface area contributed by atoms with E-state index in [1.807, 2.05) is 0 Å². The number of benzene rings is 12. The molecule has 0 N–H and O–H groups in total. The van der Waals surface area contributed by atoms with Crippen LogP contribution in [0.2, 0.25) is 0 Å². The van der Waals surface area contributed by atoms with Gasteiger partial charge >= 0.3 is 0 Å². The Balaban J connectivity index is 0.853. The minimum absolute atomic E-state index is 0.898. The molecular formula is C66H42N2O. The standard InChI is InChI=1S/C66H42N2O/c1-3-17-56-45(11-1)23-24-51-39-49(30-36-57(51)56)48-14-10-15-54(41-48)67(53-34-27-44(28-35-53)50-31-38-65-62(42-50)61-37-29-46-12-2-4-18-58(46)66(61)69-65)52-32-25-43(26-33-52)47-13-9-16-55(40-47)68-63-21-7-5-19-59(63)60-20-6-8-22-64(60)68/h1-42H. The van der Waals surface area contributed by atoms with Gasteiger partial charge in [-0.05, 0) is 145 Å². The second-order valence-corrected chi connectivity index (χ2v) is 18.1. The van der Waals surface area contributed by atoms with Crippen LogP contribution in [0.3, 0.4) is 0 Å². The van der Waals surface area contributed by atoms with Gasteiger partial charge in [-0.25, -0.2) is 0 Å². The monoisotopic (exact) mass is 878 g/mol. The smallest absolute Gasteiger partial charge is 0.143 e. The van der Waals surface area contributed by atoms with E-state index in [0.717, 1.165) is 72.3 Å². The van der Waals surface area contributed by atoms with Crippen LogP contribution in [-0.4, -0.2) is 4.57 Å². The molecule has 0 saturated heterocycles. The molecular weight excluding hydrogens is 837 g/mol. The van der Waals surface area contributed by atoms with Gasteiger partial charge in [0.15, 0.2) is 0 Å². The first-order valence-electron chi connectivity index (χ1n) is 23.6. The molecule has 0 bridgehead atoms. The van der Waals surface area contributed by atoms with Crippen molar-refractivity contribution < 1.29 is 4.42 Å². The molecule has 3 nitrogen and oxygen atoms in total. The third-order valence-corrected chi connectivity index (χ3v) is 14.1. The number of hydrogen-bond donors (Lipinski definition) is 0. The molecule has 2 aromatic heterocycles. The fourth-order valence-electron chi connectivity index (χ4n) is 10.8. The molecule has 0 unspecified atom stereocenters. The largest absolute Gasteiger partial charge is 0.455 e. The van der Waals surface area contributed by atoms with Crippen LogP contribution in [0.1, 0.15) is 0 Å². The van der Waals surface area contributed by atoms with Crippen LogP contribution in [0.25, 0.3) is 115 Å². The van der Waals surface area contributed by atoms with Crippen LogP contribution in [0.15, 0.2) is 259 Å². The lowest BCUT2D eigenvalue weighted by Gasteiger charge is -2.26. The molecule has 0 atom stereocenters. The van der Waals surface area contributed by atoms with Crippen LogP contribution >= 0.6 is 0 Å². The predicted octanol–water partition coefficient (Wildman–Crippen LogP) is 18.6. The van der Waals surface area contributed by atoms with Crippen molar-refractivity contribution in [3.8, 4) is 39.1 Å². The second kappa shape index (κ2) is 15.7. The Morgan fingerprint density at radius 2 is 0.783 bits per heavy atom. The van der Waals surface area contributed by atoms with Gasteiger partial charge in [0.2, 0.25) is 0 Å². The molecule has 0 fully saturated rings. The van der Waals surface area contributed by atoms with E-state index >= 15 is 0 Å². The number of aromatic nitrogens is 1. The van der Waals surface area contributed by atoms with Crippen molar-refractivity contribution in [3.63, 3.8) is 0 Å². The van der Waals surface area contributed by atoms with Gasteiger partial charge in [-0.3, -0.25) is 0 Å². The summed E-state index contributed by atoms with van der Waals surface area (Å²) in [4.78, 5) is 2.37.